The molecule has 1 aliphatic heterocycles. The summed E-state index contributed by atoms with van der Waals surface area (Å²) in [4.78, 5) is 4.19. The van der Waals surface area contributed by atoms with Gasteiger partial charge in [0, 0.05) is 37.1 Å². The van der Waals surface area contributed by atoms with Crippen LogP contribution in [0, 0.1) is 0 Å². The van der Waals surface area contributed by atoms with Gasteiger partial charge in [-0.1, -0.05) is 26.2 Å². The van der Waals surface area contributed by atoms with E-state index in [0.717, 1.165) is 13.1 Å². The first kappa shape index (κ1) is 15.0. The molecule has 1 aromatic heterocycles. The van der Waals surface area contributed by atoms with Crippen LogP contribution in [-0.4, -0.2) is 30.6 Å². The Morgan fingerprint density at radius 3 is 3.16 bits per heavy atom. The van der Waals surface area contributed by atoms with E-state index < -0.39 is 0 Å². The van der Waals surface area contributed by atoms with Crippen LogP contribution in [0.25, 0.3) is 0 Å². The third kappa shape index (κ3) is 4.90. The highest BCUT2D eigenvalue weighted by Gasteiger charge is 2.16. The molecule has 0 fully saturated rings. The van der Waals surface area contributed by atoms with Crippen LogP contribution in [0.5, 0.6) is 0 Å². The highest BCUT2D eigenvalue weighted by Crippen LogP contribution is 2.23. The second-order valence-electron chi connectivity index (χ2n) is 5.75. The fraction of sp³-hybridized carbons (Fsp3) is 0.750. The van der Waals surface area contributed by atoms with Gasteiger partial charge in [0.05, 0.1) is 0 Å². The zero-order chi connectivity index (χ0) is 13.5. The Morgan fingerprint density at radius 2 is 2.32 bits per heavy atom. The molecule has 0 saturated carbocycles. The maximum atomic E-state index is 3.67. The Balaban J connectivity index is 1.59. The van der Waals surface area contributed by atoms with E-state index in [9.17, 15) is 0 Å². The number of unbranched alkanes of at least 4 members (excludes halogenated alkanes) is 2. The molecule has 2 nitrogen and oxygen atoms in total. The molecule has 1 atom stereocenters. The molecule has 0 aliphatic carbocycles. The van der Waals surface area contributed by atoms with E-state index in [4.69, 9.17) is 0 Å². The van der Waals surface area contributed by atoms with Gasteiger partial charge in [-0.2, -0.15) is 0 Å². The monoisotopic (exact) mass is 280 g/mol. The van der Waals surface area contributed by atoms with Crippen LogP contribution in [0.4, 0.5) is 0 Å². The number of nitrogens with zero attached hydrogens (tertiary/aromatic N) is 1. The normalized spacial score (nSPS) is 17.4. The van der Waals surface area contributed by atoms with Gasteiger partial charge in [-0.15, -0.1) is 11.3 Å². The topological polar surface area (TPSA) is 15.3 Å². The SMILES string of the molecule is CCCCCC(C)NCCN1CCc2sccc2C1. The minimum Gasteiger partial charge on any atom is -0.313 e. The van der Waals surface area contributed by atoms with Crippen LogP contribution in [0.3, 0.4) is 0 Å². The fourth-order valence-electron chi connectivity index (χ4n) is 2.77. The maximum Gasteiger partial charge on any atom is 0.0245 e. The lowest BCUT2D eigenvalue weighted by Crippen LogP contribution is -2.38. The molecular weight excluding hydrogens is 252 g/mol. The first-order chi connectivity index (χ1) is 9.29. The molecule has 0 saturated heterocycles. The van der Waals surface area contributed by atoms with E-state index >= 15 is 0 Å². The largest absolute Gasteiger partial charge is 0.313 e. The van der Waals surface area contributed by atoms with E-state index in [-0.39, 0.29) is 0 Å². The first-order valence-electron chi connectivity index (χ1n) is 7.80. The molecule has 1 N–H and O–H groups in total. The molecular formula is C16H28N2S. The maximum absolute atomic E-state index is 3.67. The molecule has 3 heteroatoms. The van der Waals surface area contributed by atoms with Crippen LogP contribution >= 0.6 is 11.3 Å². The number of rotatable bonds is 8. The van der Waals surface area contributed by atoms with Crippen molar-refractivity contribution in [1.29, 1.82) is 0 Å². The molecule has 0 bridgehead atoms. The smallest absolute Gasteiger partial charge is 0.0245 e. The van der Waals surface area contributed by atoms with E-state index in [2.05, 4.69) is 35.5 Å². The van der Waals surface area contributed by atoms with Gasteiger partial charge in [-0.25, -0.2) is 0 Å². The number of hydrogen-bond donors (Lipinski definition) is 1. The van der Waals surface area contributed by atoms with Crippen molar-refractivity contribution in [3.63, 3.8) is 0 Å². The second kappa shape index (κ2) is 8.03. The van der Waals surface area contributed by atoms with Crippen LogP contribution < -0.4 is 5.32 Å². The third-order valence-electron chi connectivity index (χ3n) is 4.05. The highest BCUT2D eigenvalue weighted by molar-refractivity contribution is 7.10. The zero-order valence-electron chi connectivity index (χ0n) is 12.5. The van der Waals surface area contributed by atoms with E-state index in [1.165, 1.54) is 45.2 Å². The predicted molar refractivity (Wildman–Crippen MR) is 84.9 cm³/mol. The van der Waals surface area contributed by atoms with Gasteiger partial charge in [0.1, 0.15) is 0 Å². The van der Waals surface area contributed by atoms with Crippen molar-refractivity contribution in [2.75, 3.05) is 19.6 Å². The molecule has 1 unspecified atom stereocenters. The van der Waals surface area contributed by atoms with Gasteiger partial charge in [-0.05, 0) is 36.8 Å². The Bertz CT molecular complexity index is 361. The molecule has 0 radical (unpaired) electrons. The van der Waals surface area contributed by atoms with Crippen molar-refractivity contribution in [3.05, 3.63) is 21.9 Å². The average Bonchev–Trinajstić information content (AvgIpc) is 2.86. The molecule has 0 spiro atoms. The van der Waals surface area contributed by atoms with Crippen molar-refractivity contribution in [3.8, 4) is 0 Å². The summed E-state index contributed by atoms with van der Waals surface area (Å²) >= 11 is 1.93. The molecule has 1 aromatic rings. The minimum absolute atomic E-state index is 0.674. The van der Waals surface area contributed by atoms with E-state index in [1.54, 1.807) is 10.4 Å². The standard InChI is InChI=1S/C16H28N2S/c1-3-4-5-6-14(2)17-9-11-18-10-7-16-15(13-18)8-12-19-16/h8,12,14,17H,3-7,9-11,13H2,1-2H3. The molecule has 108 valence electrons. The van der Waals surface area contributed by atoms with Crippen LogP contribution in [0.1, 0.15) is 50.0 Å². The van der Waals surface area contributed by atoms with Crippen molar-refractivity contribution >= 4 is 11.3 Å². The highest BCUT2D eigenvalue weighted by atomic mass is 32.1. The van der Waals surface area contributed by atoms with Crippen LogP contribution in [0.2, 0.25) is 0 Å². The lowest BCUT2D eigenvalue weighted by Gasteiger charge is -2.27. The summed E-state index contributed by atoms with van der Waals surface area (Å²) in [6.45, 7) is 9.31. The quantitative estimate of drug-likeness (QED) is 0.731. The number of fused-ring (bicyclic) bond motifs is 1. The summed E-state index contributed by atoms with van der Waals surface area (Å²) in [5.41, 5.74) is 1.56. The number of thiophene rings is 1. The summed E-state index contributed by atoms with van der Waals surface area (Å²) in [6, 6.07) is 2.97. The first-order valence-corrected chi connectivity index (χ1v) is 8.68. The number of hydrogen-bond acceptors (Lipinski definition) is 3. The Kier molecular flexibility index (Phi) is 6.35. The summed E-state index contributed by atoms with van der Waals surface area (Å²) in [5.74, 6) is 0. The van der Waals surface area contributed by atoms with Gasteiger partial charge in [-0.3, -0.25) is 4.90 Å². The molecule has 0 aromatic carbocycles. The molecule has 19 heavy (non-hydrogen) atoms. The Morgan fingerprint density at radius 1 is 1.42 bits per heavy atom. The zero-order valence-corrected chi connectivity index (χ0v) is 13.3. The Hall–Kier alpha value is -0.380. The lowest BCUT2D eigenvalue weighted by atomic mass is 10.1. The Labute approximate surface area is 122 Å². The number of nitrogens with one attached hydrogen (secondary N) is 1. The average molecular weight is 280 g/mol. The van der Waals surface area contributed by atoms with Crippen LogP contribution in [0.15, 0.2) is 11.4 Å². The molecule has 1 aliphatic rings. The fourth-order valence-corrected chi connectivity index (χ4v) is 3.66. The van der Waals surface area contributed by atoms with Gasteiger partial charge < -0.3 is 5.32 Å². The van der Waals surface area contributed by atoms with Crippen molar-refractivity contribution in [2.45, 2.75) is 58.5 Å². The van der Waals surface area contributed by atoms with Crippen LogP contribution in [-0.2, 0) is 13.0 Å². The molecule has 2 rings (SSSR count). The van der Waals surface area contributed by atoms with E-state index in [1.807, 2.05) is 11.3 Å². The predicted octanol–water partition coefficient (Wildman–Crippen LogP) is 3.66. The lowest BCUT2D eigenvalue weighted by molar-refractivity contribution is 0.251. The second-order valence-corrected chi connectivity index (χ2v) is 6.75. The molecule has 2 heterocycles. The van der Waals surface area contributed by atoms with E-state index in [0.29, 0.717) is 6.04 Å². The summed E-state index contributed by atoms with van der Waals surface area (Å²) in [7, 11) is 0. The van der Waals surface area contributed by atoms with Crippen molar-refractivity contribution in [2.24, 2.45) is 0 Å². The summed E-state index contributed by atoms with van der Waals surface area (Å²) in [6.07, 6.45) is 6.64. The van der Waals surface area contributed by atoms with Crippen molar-refractivity contribution < 1.29 is 0 Å². The summed E-state index contributed by atoms with van der Waals surface area (Å²) in [5, 5.41) is 5.91. The van der Waals surface area contributed by atoms with Gasteiger partial charge in [0.15, 0.2) is 0 Å². The van der Waals surface area contributed by atoms with Gasteiger partial charge >= 0.3 is 0 Å². The third-order valence-corrected chi connectivity index (χ3v) is 5.07. The summed E-state index contributed by atoms with van der Waals surface area (Å²) < 4.78 is 0. The van der Waals surface area contributed by atoms with Crippen molar-refractivity contribution in [1.82, 2.24) is 10.2 Å². The van der Waals surface area contributed by atoms with Gasteiger partial charge in [0.2, 0.25) is 0 Å². The van der Waals surface area contributed by atoms with Gasteiger partial charge in [0.25, 0.3) is 0 Å². The minimum atomic E-state index is 0.674. The molecule has 0 amide bonds.